The molecule has 0 amide bonds. The fraction of sp³-hybridized carbons (Fsp3) is 0.750. The van der Waals surface area contributed by atoms with Crippen molar-refractivity contribution in [1.82, 2.24) is 10.1 Å². The fourth-order valence-electron chi connectivity index (χ4n) is 1.79. The van der Waals surface area contributed by atoms with E-state index in [-0.39, 0.29) is 0 Å². The van der Waals surface area contributed by atoms with Crippen molar-refractivity contribution in [2.45, 2.75) is 46.3 Å². The van der Waals surface area contributed by atoms with Crippen molar-refractivity contribution >= 4 is 0 Å². The minimum absolute atomic E-state index is 0.439. The van der Waals surface area contributed by atoms with Crippen LogP contribution in [0.4, 0.5) is 0 Å². The predicted octanol–water partition coefficient (Wildman–Crippen LogP) is 2.00. The second kappa shape index (κ2) is 6.01. The van der Waals surface area contributed by atoms with Gasteiger partial charge in [-0.2, -0.15) is 0 Å². The number of rotatable bonds is 6. The van der Waals surface area contributed by atoms with Crippen molar-refractivity contribution < 1.29 is 4.52 Å². The average Bonchev–Trinajstić information content (AvgIpc) is 2.64. The van der Waals surface area contributed by atoms with E-state index in [2.05, 4.69) is 37.9 Å². The largest absolute Gasteiger partial charge is 0.360 e. The third-order valence-electron chi connectivity index (χ3n) is 2.79. The lowest BCUT2D eigenvalue weighted by atomic mass is 10.0. The number of hydrogen-bond acceptors (Lipinski definition) is 4. The third-order valence-corrected chi connectivity index (χ3v) is 2.79. The van der Waals surface area contributed by atoms with E-state index in [1.807, 2.05) is 6.07 Å². The highest BCUT2D eigenvalue weighted by molar-refractivity contribution is 5.04. The maximum Gasteiger partial charge on any atom is 0.151 e. The second-order valence-corrected chi connectivity index (χ2v) is 4.88. The highest BCUT2D eigenvalue weighted by atomic mass is 16.5. The van der Waals surface area contributed by atoms with Crippen LogP contribution in [0.15, 0.2) is 10.6 Å². The molecule has 4 heteroatoms. The Balaban J connectivity index is 2.46. The van der Waals surface area contributed by atoms with Gasteiger partial charge < -0.3 is 10.3 Å². The van der Waals surface area contributed by atoms with Crippen molar-refractivity contribution in [3.63, 3.8) is 0 Å². The highest BCUT2D eigenvalue weighted by Crippen LogP contribution is 2.13. The van der Waals surface area contributed by atoms with Gasteiger partial charge in [-0.3, -0.25) is 4.90 Å². The molecule has 1 atom stereocenters. The van der Waals surface area contributed by atoms with Gasteiger partial charge in [-0.25, -0.2) is 0 Å². The zero-order valence-corrected chi connectivity index (χ0v) is 10.7. The molecule has 92 valence electrons. The molecule has 0 fully saturated rings. The Labute approximate surface area is 97.8 Å². The Morgan fingerprint density at radius 2 is 2.12 bits per heavy atom. The third kappa shape index (κ3) is 3.94. The van der Waals surface area contributed by atoms with Gasteiger partial charge in [-0.1, -0.05) is 19.0 Å². The highest BCUT2D eigenvalue weighted by Gasteiger charge is 2.13. The van der Waals surface area contributed by atoms with Gasteiger partial charge in [-0.05, 0) is 26.3 Å². The number of nitrogens with two attached hydrogens (primary N) is 1. The molecule has 0 spiro atoms. The van der Waals surface area contributed by atoms with Crippen LogP contribution in [-0.4, -0.2) is 23.1 Å². The Bertz CT molecular complexity index is 309. The molecule has 1 aromatic heterocycles. The molecule has 1 rings (SSSR count). The Hall–Kier alpha value is -0.870. The normalized spacial score (nSPS) is 13.7. The van der Waals surface area contributed by atoms with E-state index in [9.17, 15) is 0 Å². The summed E-state index contributed by atoms with van der Waals surface area (Å²) in [6, 6.07) is 2.48. The quantitative estimate of drug-likeness (QED) is 0.804. The summed E-state index contributed by atoms with van der Waals surface area (Å²) >= 11 is 0. The molecule has 0 saturated heterocycles. The van der Waals surface area contributed by atoms with Crippen LogP contribution in [0.25, 0.3) is 0 Å². The van der Waals surface area contributed by atoms with E-state index < -0.39 is 0 Å². The van der Waals surface area contributed by atoms with Crippen molar-refractivity contribution in [2.24, 2.45) is 11.7 Å². The lowest BCUT2D eigenvalue weighted by Gasteiger charge is -2.24. The molecule has 16 heavy (non-hydrogen) atoms. The lowest BCUT2D eigenvalue weighted by molar-refractivity contribution is 0.197. The van der Waals surface area contributed by atoms with E-state index >= 15 is 0 Å². The van der Waals surface area contributed by atoms with Crippen LogP contribution in [0, 0.1) is 5.92 Å². The molecule has 1 aromatic rings. The van der Waals surface area contributed by atoms with Gasteiger partial charge in [0, 0.05) is 18.7 Å². The van der Waals surface area contributed by atoms with E-state index in [4.69, 9.17) is 10.3 Å². The van der Waals surface area contributed by atoms with Crippen LogP contribution in [0.2, 0.25) is 0 Å². The minimum atomic E-state index is 0.439. The van der Waals surface area contributed by atoms with Gasteiger partial charge in [0.25, 0.3) is 0 Å². The average molecular weight is 225 g/mol. The molecule has 0 saturated carbocycles. The maximum absolute atomic E-state index is 5.48. The molecular formula is C12H23N3O. The molecule has 0 bridgehead atoms. The molecule has 0 aromatic carbocycles. The predicted molar refractivity (Wildman–Crippen MR) is 64.8 cm³/mol. The Morgan fingerprint density at radius 1 is 1.44 bits per heavy atom. The molecule has 1 unspecified atom stereocenters. The van der Waals surface area contributed by atoms with Crippen molar-refractivity contribution in [2.75, 3.05) is 7.05 Å². The monoisotopic (exact) mass is 225 g/mol. The summed E-state index contributed by atoms with van der Waals surface area (Å²) in [5, 5.41) is 3.88. The van der Waals surface area contributed by atoms with Gasteiger partial charge in [-0.15, -0.1) is 0 Å². The summed E-state index contributed by atoms with van der Waals surface area (Å²) in [6.07, 6.45) is 1.19. The van der Waals surface area contributed by atoms with Crippen LogP contribution in [0.3, 0.4) is 0 Å². The van der Waals surface area contributed by atoms with Gasteiger partial charge in [0.15, 0.2) is 5.76 Å². The van der Waals surface area contributed by atoms with Crippen molar-refractivity contribution in [1.29, 1.82) is 0 Å². The molecule has 0 aliphatic rings. The molecule has 2 N–H and O–H groups in total. The van der Waals surface area contributed by atoms with Crippen LogP contribution in [-0.2, 0) is 13.1 Å². The number of hydrogen-bond donors (Lipinski definition) is 1. The number of aromatic nitrogens is 1. The van der Waals surface area contributed by atoms with E-state index in [0.29, 0.717) is 18.5 Å². The maximum atomic E-state index is 5.48. The Morgan fingerprint density at radius 3 is 2.62 bits per heavy atom. The first-order valence-corrected chi connectivity index (χ1v) is 5.87. The zero-order valence-electron chi connectivity index (χ0n) is 10.7. The topological polar surface area (TPSA) is 55.3 Å². The van der Waals surface area contributed by atoms with Crippen LogP contribution in [0.1, 0.15) is 38.6 Å². The summed E-state index contributed by atoms with van der Waals surface area (Å²) in [5.41, 5.74) is 6.30. The summed E-state index contributed by atoms with van der Waals surface area (Å²) in [5.74, 6) is 1.60. The van der Waals surface area contributed by atoms with E-state index in [1.54, 1.807) is 0 Å². The number of nitrogens with zero attached hydrogens (tertiary/aromatic N) is 2. The van der Waals surface area contributed by atoms with E-state index in [1.165, 1.54) is 6.42 Å². The van der Waals surface area contributed by atoms with Gasteiger partial charge in [0.1, 0.15) is 0 Å². The smallest absolute Gasteiger partial charge is 0.151 e. The van der Waals surface area contributed by atoms with Gasteiger partial charge >= 0.3 is 0 Å². The van der Waals surface area contributed by atoms with Crippen molar-refractivity contribution in [3.05, 3.63) is 17.5 Å². The van der Waals surface area contributed by atoms with Crippen LogP contribution >= 0.6 is 0 Å². The Kier molecular flexibility index (Phi) is 4.96. The second-order valence-electron chi connectivity index (χ2n) is 4.88. The van der Waals surface area contributed by atoms with Crippen molar-refractivity contribution in [3.8, 4) is 0 Å². The first kappa shape index (κ1) is 13.2. The summed E-state index contributed by atoms with van der Waals surface area (Å²) in [7, 11) is 2.11. The van der Waals surface area contributed by atoms with Gasteiger partial charge in [0.2, 0.25) is 0 Å². The zero-order chi connectivity index (χ0) is 12.1. The summed E-state index contributed by atoms with van der Waals surface area (Å²) in [4.78, 5) is 2.28. The van der Waals surface area contributed by atoms with E-state index in [0.717, 1.165) is 18.0 Å². The summed E-state index contributed by atoms with van der Waals surface area (Å²) < 4.78 is 5.21. The molecule has 0 aliphatic carbocycles. The van der Waals surface area contributed by atoms with Crippen LogP contribution < -0.4 is 5.73 Å². The molecular weight excluding hydrogens is 202 g/mol. The molecule has 0 aliphatic heterocycles. The SMILES string of the molecule is CC(C)CC(C)N(C)Cc1cc(CN)no1. The minimum Gasteiger partial charge on any atom is -0.360 e. The first-order chi connectivity index (χ1) is 7.52. The molecule has 1 heterocycles. The molecule has 4 nitrogen and oxygen atoms in total. The lowest BCUT2D eigenvalue weighted by Crippen LogP contribution is -2.29. The molecule has 0 radical (unpaired) electrons. The fourth-order valence-corrected chi connectivity index (χ4v) is 1.79. The van der Waals surface area contributed by atoms with Crippen LogP contribution in [0.5, 0.6) is 0 Å². The first-order valence-electron chi connectivity index (χ1n) is 5.87. The standard InChI is InChI=1S/C12H23N3O/c1-9(2)5-10(3)15(4)8-12-6-11(7-13)14-16-12/h6,9-10H,5,7-8,13H2,1-4H3. The van der Waals surface area contributed by atoms with Gasteiger partial charge in [0.05, 0.1) is 12.2 Å². The summed E-state index contributed by atoms with van der Waals surface area (Å²) in [6.45, 7) is 7.95.